The molecule has 0 spiro atoms. The molecule has 0 saturated heterocycles. The van der Waals surface area contributed by atoms with E-state index in [0.29, 0.717) is 0 Å². The second-order valence-corrected chi connectivity index (χ2v) is 3.25. The van der Waals surface area contributed by atoms with Crippen LogP contribution < -0.4 is 0 Å². The van der Waals surface area contributed by atoms with E-state index in [2.05, 4.69) is 61.4 Å². The van der Waals surface area contributed by atoms with Crippen LogP contribution in [0.25, 0.3) is 0 Å². The van der Waals surface area contributed by atoms with E-state index < -0.39 is 0 Å². The first kappa shape index (κ1) is 14.3. The van der Waals surface area contributed by atoms with Crippen molar-refractivity contribution >= 4 is 0 Å². The van der Waals surface area contributed by atoms with Gasteiger partial charge < -0.3 is 0 Å². The van der Waals surface area contributed by atoms with E-state index in [1.165, 1.54) is 25.7 Å². The topological polar surface area (TPSA) is 0 Å². The number of rotatable bonds is 0. The van der Waals surface area contributed by atoms with Gasteiger partial charge in [-0.2, -0.15) is 0 Å². The summed E-state index contributed by atoms with van der Waals surface area (Å²) in [6.07, 6.45) is 26.0. The second-order valence-electron chi connectivity index (χ2n) is 3.25. The molecule has 0 bridgehead atoms. The third kappa shape index (κ3) is 9.62. The van der Waals surface area contributed by atoms with Crippen LogP contribution in [0.1, 0.15) is 25.7 Å². The predicted octanol–water partition coefficient (Wildman–Crippen LogP) is 4.19. The fourth-order valence-electron chi connectivity index (χ4n) is 1.21. The standard InChI is InChI=1S/2C7H9.Ru/c2*1-2-4-6-7-5-3-1;/h2*1-5H,6-7H2;/q2*-1;+2. The minimum atomic E-state index is 0. The Morgan fingerprint density at radius 3 is 1.60 bits per heavy atom. The van der Waals surface area contributed by atoms with Gasteiger partial charge in [0.1, 0.15) is 0 Å². The largest absolute Gasteiger partial charge is 2.00 e. The van der Waals surface area contributed by atoms with Gasteiger partial charge in [-0.25, -0.2) is 37.1 Å². The zero-order valence-corrected chi connectivity index (χ0v) is 10.7. The van der Waals surface area contributed by atoms with E-state index in [0.717, 1.165) is 0 Å². The van der Waals surface area contributed by atoms with Crippen molar-refractivity contribution in [1.82, 2.24) is 0 Å². The summed E-state index contributed by atoms with van der Waals surface area (Å²) in [6.45, 7) is 0. The Morgan fingerprint density at radius 1 is 0.667 bits per heavy atom. The fraction of sp³-hybridized carbons (Fsp3) is 0.286. The normalized spacial score (nSPS) is 17.1. The quantitative estimate of drug-likeness (QED) is 0.463. The Labute approximate surface area is 107 Å². The van der Waals surface area contributed by atoms with Crippen LogP contribution in [0.4, 0.5) is 0 Å². The Kier molecular flexibility index (Phi) is 10.9. The third-order valence-electron chi connectivity index (χ3n) is 1.99. The molecule has 2 aliphatic carbocycles. The Morgan fingerprint density at radius 2 is 1.13 bits per heavy atom. The summed E-state index contributed by atoms with van der Waals surface area (Å²) < 4.78 is 0. The van der Waals surface area contributed by atoms with E-state index in [-0.39, 0.29) is 19.5 Å². The molecule has 0 aromatic rings. The van der Waals surface area contributed by atoms with Gasteiger partial charge in [0, 0.05) is 0 Å². The zero-order chi connectivity index (χ0) is 9.90. The van der Waals surface area contributed by atoms with E-state index >= 15 is 0 Å². The molecular formula is C14H18Ru. The first-order chi connectivity index (χ1) is 7.00. The maximum Gasteiger partial charge on any atom is 2.00 e. The maximum atomic E-state index is 2.18. The van der Waals surface area contributed by atoms with Crippen molar-refractivity contribution in [3.8, 4) is 0 Å². The molecule has 2 aliphatic rings. The van der Waals surface area contributed by atoms with Crippen LogP contribution in [0.5, 0.6) is 0 Å². The van der Waals surface area contributed by atoms with Crippen molar-refractivity contribution in [2.45, 2.75) is 25.7 Å². The molecule has 0 saturated carbocycles. The van der Waals surface area contributed by atoms with Gasteiger partial charge in [-0.1, -0.05) is 12.8 Å². The van der Waals surface area contributed by atoms with Crippen molar-refractivity contribution in [3.63, 3.8) is 0 Å². The SMILES string of the molecule is C1=C[CH-]CCC=C1.C1=C[CH-]CCC=C1.[Ru+2]. The molecule has 0 amide bonds. The third-order valence-corrected chi connectivity index (χ3v) is 1.99. The minimum absolute atomic E-state index is 0. The molecule has 0 N–H and O–H groups in total. The predicted molar refractivity (Wildman–Crippen MR) is 63.6 cm³/mol. The van der Waals surface area contributed by atoms with Gasteiger partial charge in [-0.05, 0) is 12.8 Å². The van der Waals surface area contributed by atoms with Gasteiger partial charge >= 0.3 is 19.5 Å². The smallest absolute Gasteiger partial charge is 0.230 e. The first-order valence-corrected chi connectivity index (χ1v) is 5.30. The van der Waals surface area contributed by atoms with E-state index in [1.54, 1.807) is 0 Å². The minimum Gasteiger partial charge on any atom is -0.230 e. The molecule has 1 heteroatoms. The molecule has 0 aliphatic heterocycles. The molecule has 0 heterocycles. The van der Waals surface area contributed by atoms with Crippen molar-refractivity contribution in [2.75, 3.05) is 0 Å². The molecule has 15 heavy (non-hydrogen) atoms. The van der Waals surface area contributed by atoms with Crippen LogP contribution in [-0.4, -0.2) is 0 Å². The Hall–Kier alpha value is -0.677. The van der Waals surface area contributed by atoms with Crippen LogP contribution in [0.15, 0.2) is 48.6 Å². The van der Waals surface area contributed by atoms with E-state index in [4.69, 9.17) is 0 Å². The fourth-order valence-corrected chi connectivity index (χ4v) is 1.21. The molecule has 0 atom stereocenters. The molecule has 0 nitrogen and oxygen atoms in total. The summed E-state index contributed by atoms with van der Waals surface area (Å²) in [5, 5.41) is 0. The second kappa shape index (κ2) is 11.4. The van der Waals surface area contributed by atoms with Crippen molar-refractivity contribution in [2.24, 2.45) is 0 Å². The summed E-state index contributed by atoms with van der Waals surface area (Å²) in [5.41, 5.74) is 0. The van der Waals surface area contributed by atoms with Crippen LogP contribution in [-0.2, 0) is 19.5 Å². The zero-order valence-electron chi connectivity index (χ0n) is 8.96. The summed E-state index contributed by atoms with van der Waals surface area (Å²) in [7, 11) is 0. The van der Waals surface area contributed by atoms with E-state index in [9.17, 15) is 0 Å². The van der Waals surface area contributed by atoms with Crippen molar-refractivity contribution < 1.29 is 19.5 Å². The molecule has 0 radical (unpaired) electrons. The molecule has 0 unspecified atom stereocenters. The van der Waals surface area contributed by atoms with Crippen LogP contribution in [0, 0.1) is 12.8 Å². The van der Waals surface area contributed by atoms with Gasteiger partial charge in [0.2, 0.25) is 0 Å². The Balaban J connectivity index is 0.000000245. The summed E-state index contributed by atoms with van der Waals surface area (Å²) in [6, 6.07) is 0. The molecule has 2 rings (SSSR count). The molecule has 0 aromatic heterocycles. The van der Waals surface area contributed by atoms with Crippen LogP contribution in [0.3, 0.4) is 0 Å². The average Bonchev–Trinajstić information content (AvgIpc) is 2.68. The van der Waals surface area contributed by atoms with Crippen LogP contribution in [0.2, 0.25) is 0 Å². The van der Waals surface area contributed by atoms with Gasteiger partial charge in [0.15, 0.2) is 0 Å². The average molecular weight is 287 g/mol. The van der Waals surface area contributed by atoms with Crippen LogP contribution >= 0.6 is 0 Å². The monoisotopic (exact) mass is 288 g/mol. The number of hydrogen-bond acceptors (Lipinski definition) is 0. The van der Waals surface area contributed by atoms with Crippen molar-refractivity contribution in [1.29, 1.82) is 0 Å². The maximum absolute atomic E-state index is 2.18. The van der Waals surface area contributed by atoms with Gasteiger partial charge in [-0.3, -0.25) is 0 Å². The molecule has 0 aromatic carbocycles. The van der Waals surface area contributed by atoms with Gasteiger partial charge in [0.05, 0.1) is 0 Å². The number of allylic oxidation sites excluding steroid dienone is 8. The van der Waals surface area contributed by atoms with Crippen molar-refractivity contribution in [3.05, 3.63) is 61.4 Å². The van der Waals surface area contributed by atoms with Gasteiger partial charge in [0.25, 0.3) is 0 Å². The summed E-state index contributed by atoms with van der Waals surface area (Å²) in [4.78, 5) is 0. The molecular weight excluding hydrogens is 269 g/mol. The molecule has 82 valence electrons. The number of hydrogen-bond donors (Lipinski definition) is 0. The van der Waals surface area contributed by atoms with E-state index in [1.807, 2.05) is 0 Å². The molecule has 0 fully saturated rings. The summed E-state index contributed by atoms with van der Waals surface area (Å²) >= 11 is 0. The van der Waals surface area contributed by atoms with Gasteiger partial charge in [-0.15, -0.1) is 24.3 Å². The summed E-state index contributed by atoms with van der Waals surface area (Å²) in [5.74, 6) is 0. The first-order valence-electron chi connectivity index (χ1n) is 5.30. The Bertz CT molecular complexity index is 184.